The summed E-state index contributed by atoms with van der Waals surface area (Å²) in [6.45, 7) is 7.57. The lowest BCUT2D eigenvalue weighted by Gasteiger charge is -2.28. The van der Waals surface area contributed by atoms with Crippen molar-refractivity contribution in [3.05, 3.63) is 59.7 Å². The zero-order chi connectivity index (χ0) is 18.9. The standard InChI is InChI=1S/C22H30N2O3/c1-26-22-9-8-20(16-21(22)25)18-24(17-19-6-3-2-4-7-19)11-5-10-23-12-14-27-15-13-23/h2-4,6-9,16,25H,5,10-15,17-18H2,1H3. The van der Waals surface area contributed by atoms with Crippen LogP contribution in [0.4, 0.5) is 0 Å². The van der Waals surface area contributed by atoms with Crippen molar-refractivity contribution < 1.29 is 14.6 Å². The van der Waals surface area contributed by atoms with Crippen molar-refractivity contribution in [3.8, 4) is 11.5 Å². The molecule has 27 heavy (non-hydrogen) atoms. The summed E-state index contributed by atoms with van der Waals surface area (Å²) < 4.78 is 10.6. The van der Waals surface area contributed by atoms with Crippen LogP contribution in [0.2, 0.25) is 0 Å². The molecule has 1 fully saturated rings. The number of benzene rings is 2. The SMILES string of the molecule is COc1ccc(CN(CCCN2CCOCC2)Cc2ccccc2)cc1O. The van der Waals surface area contributed by atoms with Gasteiger partial charge >= 0.3 is 0 Å². The molecule has 146 valence electrons. The molecular formula is C22H30N2O3. The lowest BCUT2D eigenvalue weighted by Crippen LogP contribution is -2.38. The molecule has 3 rings (SSSR count). The quantitative estimate of drug-likeness (QED) is 0.735. The second kappa shape index (κ2) is 10.3. The number of ether oxygens (including phenoxy) is 2. The van der Waals surface area contributed by atoms with Crippen molar-refractivity contribution in [1.82, 2.24) is 9.80 Å². The largest absolute Gasteiger partial charge is 0.504 e. The van der Waals surface area contributed by atoms with Gasteiger partial charge < -0.3 is 14.6 Å². The van der Waals surface area contributed by atoms with Crippen molar-refractivity contribution in [1.29, 1.82) is 0 Å². The Labute approximate surface area is 162 Å². The van der Waals surface area contributed by atoms with E-state index in [1.807, 2.05) is 18.2 Å². The van der Waals surface area contributed by atoms with E-state index in [4.69, 9.17) is 9.47 Å². The average Bonchev–Trinajstić information content (AvgIpc) is 2.70. The third kappa shape index (κ3) is 6.24. The minimum Gasteiger partial charge on any atom is -0.504 e. The van der Waals surface area contributed by atoms with E-state index in [0.29, 0.717) is 5.75 Å². The fourth-order valence-corrected chi connectivity index (χ4v) is 3.49. The smallest absolute Gasteiger partial charge is 0.160 e. The maximum atomic E-state index is 10.1. The van der Waals surface area contributed by atoms with Gasteiger partial charge in [0, 0.05) is 32.7 Å². The molecule has 1 heterocycles. The minimum absolute atomic E-state index is 0.197. The van der Waals surface area contributed by atoms with E-state index in [1.165, 1.54) is 5.56 Å². The summed E-state index contributed by atoms with van der Waals surface area (Å²) in [5.41, 5.74) is 2.40. The Morgan fingerprint density at radius 3 is 2.48 bits per heavy atom. The molecule has 0 aromatic heterocycles. The van der Waals surface area contributed by atoms with E-state index in [0.717, 1.165) is 64.5 Å². The summed E-state index contributed by atoms with van der Waals surface area (Å²) >= 11 is 0. The van der Waals surface area contributed by atoms with Gasteiger partial charge in [0.15, 0.2) is 11.5 Å². The zero-order valence-corrected chi connectivity index (χ0v) is 16.1. The first-order valence-corrected chi connectivity index (χ1v) is 9.67. The summed E-state index contributed by atoms with van der Waals surface area (Å²) in [6, 6.07) is 16.2. The second-order valence-corrected chi connectivity index (χ2v) is 7.01. The fraction of sp³-hybridized carbons (Fsp3) is 0.455. The van der Waals surface area contributed by atoms with Gasteiger partial charge in [0.25, 0.3) is 0 Å². The van der Waals surface area contributed by atoms with Gasteiger partial charge in [-0.1, -0.05) is 36.4 Å². The number of hydrogen-bond acceptors (Lipinski definition) is 5. The van der Waals surface area contributed by atoms with Gasteiger partial charge in [-0.3, -0.25) is 9.80 Å². The van der Waals surface area contributed by atoms with Crippen LogP contribution in [0.15, 0.2) is 48.5 Å². The molecule has 2 aromatic carbocycles. The Morgan fingerprint density at radius 2 is 1.78 bits per heavy atom. The number of aromatic hydroxyl groups is 1. The highest BCUT2D eigenvalue weighted by Gasteiger charge is 2.13. The fourth-order valence-electron chi connectivity index (χ4n) is 3.49. The van der Waals surface area contributed by atoms with Crippen LogP contribution in [0.3, 0.4) is 0 Å². The predicted octanol–water partition coefficient (Wildman–Crippen LogP) is 3.13. The molecule has 0 unspecified atom stereocenters. The van der Waals surface area contributed by atoms with E-state index in [1.54, 1.807) is 13.2 Å². The average molecular weight is 370 g/mol. The Kier molecular flexibility index (Phi) is 7.51. The van der Waals surface area contributed by atoms with Crippen molar-refractivity contribution in [2.24, 2.45) is 0 Å². The van der Waals surface area contributed by atoms with Crippen LogP contribution >= 0.6 is 0 Å². The monoisotopic (exact) mass is 370 g/mol. The van der Waals surface area contributed by atoms with E-state index in [-0.39, 0.29) is 5.75 Å². The molecule has 5 nitrogen and oxygen atoms in total. The molecule has 0 spiro atoms. The molecule has 1 N–H and O–H groups in total. The molecule has 0 atom stereocenters. The number of phenols is 1. The molecule has 5 heteroatoms. The lowest BCUT2D eigenvalue weighted by atomic mass is 10.1. The van der Waals surface area contributed by atoms with Crippen LogP contribution in [-0.4, -0.2) is 61.4 Å². The first kappa shape index (κ1) is 19.7. The summed E-state index contributed by atoms with van der Waals surface area (Å²) in [5.74, 6) is 0.712. The van der Waals surface area contributed by atoms with Crippen molar-refractivity contribution in [2.75, 3.05) is 46.5 Å². The maximum absolute atomic E-state index is 10.1. The highest BCUT2D eigenvalue weighted by Crippen LogP contribution is 2.27. The minimum atomic E-state index is 0.197. The molecule has 0 bridgehead atoms. The summed E-state index contributed by atoms with van der Waals surface area (Å²) in [4.78, 5) is 4.92. The van der Waals surface area contributed by atoms with E-state index in [2.05, 4.69) is 34.1 Å². The van der Waals surface area contributed by atoms with Gasteiger partial charge in [-0.2, -0.15) is 0 Å². The lowest BCUT2D eigenvalue weighted by molar-refractivity contribution is 0.0359. The highest BCUT2D eigenvalue weighted by molar-refractivity contribution is 5.41. The Morgan fingerprint density at radius 1 is 1.04 bits per heavy atom. The third-order valence-corrected chi connectivity index (χ3v) is 4.95. The molecule has 2 aromatic rings. The molecular weight excluding hydrogens is 340 g/mol. The van der Waals surface area contributed by atoms with E-state index in [9.17, 15) is 5.11 Å². The Hall–Kier alpha value is -2.08. The van der Waals surface area contributed by atoms with Crippen LogP contribution in [0.1, 0.15) is 17.5 Å². The number of methoxy groups -OCH3 is 1. The predicted molar refractivity (Wildman–Crippen MR) is 107 cm³/mol. The molecule has 0 radical (unpaired) electrons. The summed E-state index contributed by atoms with van der Waals surface area (Å²) in [7, 11) is 1.57. The summed E-state index contributed by atoms with van der Waals surface area (Å²) in [5, 5.41) is 10.1. The Balaban J connectivity index is 1.60. The van der Waals surface area contributed by atoms with Crippen molar-refractivity contribution >= 4 is 0 Å². The highest BCUT2D eigenvalue weighted by atomic mass is 16.5. The van der Waals surface area contributed by atoms with Gasteiger partial charge in [-0.25, -0.2) is 0 Å². The summed E-state index contributed by atoms with van der Waals surface area (Å²) in [6.07, 6.45) is 1.12. The van der Waals surface area contributed by atoms with Gasteiger partial charge in [0.2, 0.25) is 0 Å². The second-order valence-electron chi connectivity index (χ2n) is 7.01. The number of morpholine rings is 1. The molecule has 1 aliphatic heterocycles. The maximum Gasteiger partial charge on any atom is 0.160 e. The van der Waals surface area contributed by atoms with Gasteiger partial charge in [-0.15, -0.1) is 0 Å². The van der Waals surface area contributed by atoms with Gasteiger partial charge in [0.05, 0.1) is 20.3 Å². The number of nitrogens with zero attached hydrogens (tertiary/aromatic N) is 2. The molecule has 0 amide bonds. The van der Waals surface area contributed by atoms with Crippen molar-refractivity contribution in [3.63, 3.8) is 0 Å². The number of hydrogen-bond donors (Lipinski definition) is 1. The topological polar surface area (TPSA) is 45.2 Å². The molecule has 0 saturated carbocycles. The van der Waals surface area contributed by atoms with E-state index < -0.39 is 0 Å². The normalized spacial score (nSPS) is 15.2. The van der Waals surface area contributed by atoms with Crippen molar-refractivity contribution in [2.45, 2.75) is 19.5 Å². The number of rotatable bonds is 9. The van der Waals surface area contributed by atoms with Gasteiger partial charge in [0.1, 0.15) is 0 Å². The third-order valence-electron chi connectivity index (χ3n) is 4.95. The first-order chi connectivity index (χ1) is 13.2. The van der Waals surface area contributed by atoms with E-state index >= 15 is 0 Å². The van der Waals surface area contributed by atoms with Crippen LogP contribution in [-0.2, 0) is 17.8 Å². The molecule has 1 saturated heterocycles. The molecule has 0 aliphatic carbocycles. The molecule has 1 aliphatic rings. The van der Waals surface area contributed by atoms with Crippen LogP contribution in [0.5, 0.6) is 11.5 Å². The first-order valence-electron chi connectivity index (χ1n) is 9.67. The van der Waals surface area contributed by atoms with Crippen LogP contribution in [0.25, 0.3) is 0 Å². The number of phenolic OH excluding ortho intramolecular Hbond substituents is 1. The van der Waals surface area contributed by atoms with Crippen LogP contribution in [0, 0.1) is 0 Å². The van der Waals surface area contributed by atoms with Gasteiger partial charge in [-0.05, 0) is 36.2 Å². The van der Waals surface area contributed by atoms with Crippen LogP contribution < -0.4 is 4.74 Å². The zero-order valence-electron chi connectivity index (χ0n) is 16.1. The Bertz CT molecular complexity index is 687.